The van der Waals surface area contributed by atoms with Gasteiger partial charge in [-0.3, -0.25) is 0 Å². The highest BCUT2D eigenvalue weighted by Crippen LogP contribution is 2.41. The van der Waals surface area contributed by atoms with E-state index >= 15 is 0 Å². The summed E-state index contributed by atoms with van der Waals surface area (Å²) >= 11 is 6.50. The second-order valence-corrected chi connectivity index (χ2v) is 4.91. The average Bonchev–Trinajstić information content (AvgIpc) is 2.93. The Bertz CT molecular complexity index is 350. The quantitative estimate of drug-likeness (QED) is 0.767. The summed E-state index contributed by atoms with van der Waals surface area (Å²) in [6.07, 6.45) is 2.08. The van der Waals surface area contributed by atoms with Crippen LogP contribution in [0, 0.1) is 5.82 Å². The lowest BCUT2D eigenvalue weighted by Crippen LogP contribution is -2.19. The first-order chi connectivity index (χ1) is 6.65. The van der Waals surface area contributed by atoms with E-state index in [0.29, 0.717) is 10.2 Å². The van der Waals surface area contributed by atoms with Crippen LogP contribution in [0.25, 0.3) is 0 Å². The summed E-state index contributed by atoms with van der Waals surface area (Å²) < 4.78 is 19.3. The van der Waals surface area contributed by atoms with Gasteiger partial charge in [0.15, 0.2) is 0 Å². The maximum Gasteiger partial charge on any atom is 0.141 e. The van der Waals surface area contributed by atoms with Crippen molar-refractivity contribution in [3.8, 4) is 5.75 Å². The maximum atomic E-state index is 13.1. The predicted molar refractivity (Wildman–Crippen MR) is 60.5 cm³/mol. The Balaban J connectivity index is 2.14. The Morgan fingerprint density at radius 2 is 2.14 bits per heavy atom. The molecule has 0 N–H and O–H groups in total. The molecular formula is C10H9Br2FO. The number of hydrogen-bond acceptors (Lipinski definition) is 1. The third kappa shape index (κ3) is 2.11. The number of benzene rings is 1. The topological polar surface area (TPSA) is 9.23 Å². The third-order valence-corrected chi connectivity index (χ3v) is 3.94. The highest BCUT2D eigenvalue weighted by molar-refractivity contribution is 9.10. The molecule has 4 heteroatoms. The molecule has 0 spiro atoms. The molecule has 1 aromatic rings. The number of halogens is 3. The summed E-state index contributed by atoms with van der Waals surface area (Å²) in [6.45, 7) is 0. The Labute approximate surface area is 98.9 Å². The summed E-state index contributed by atoms with van der Waals surface area (Å²) in [4.78, 5) is 0. The summed E-state index contributed by atoms with van der Waals surface area (Å²) in [5.41, 5.74) is -0.0831. The van der Waals surface area contributed by atoms with Gasteiger partial charge in [0.2, 0.25) is 0 Å². The first-order valence-corrected chi connectivity index (χ1v) is 6.27. The monoisotopic (exact) mass is 322 g/mol. The SMILES string of the molecule is Fc1cc(OC2(CBr)CC2)ccc1Br. The second-order valence-electron chi connectivity index (χ2n) is 3.49. The smallest absolute Gasteiger partial charge is 0.141 e. The number of ether oxygens (including phenoxy) is 1. The van der Waals surface area contributed by atoms with E-state index in [0.717, 1.165) is 18.2 Å². The van der Waals surface area contributed by atoms with Crippen molar-refractivity contribution in [2.45, 2.75) is 18.4 Å². The van der Waals surface area contributed by atoms with Crippen LogP contribution in [-0.2, 0) is 0 Å². The summed E-state index contributed by atoms with van der Waals surface area (Å²) in [6, 6.07) is 4.84. The van der Waals surface area contributed by atoms with Crippen LogP contribution in [0.2, 0.25) is 0 Å². The van der Waals surface area contributed by atoms with Crippen molar-refractivity contribution in [1.29, 1.82) is 0 Å². The average molecular weight is 324 g/mol. The van der Waals surface area contributed by atoms with Crippen LogP contribution < -0.4 is 4.74 Å². The normalized spacial score (nSPS) is 17.9. The number of hydrogen-bond donors (Lipinski definition) is 0. The van der Waals surface area contributed by atoms with E-state index in [-0.39, 0.29) is 11.4 Å². The van der Waals surface area contributed by atoms with Crippen LogP contribution in [0.1, 0.15) is 12.8 Å². The van der Waals surface area contributed by atoms with Gasteiger partial charge in [-0.2, -0.15) is 0 Å². The molecule has 1 saturated carbocycles. The molecule has 1 aliphatic carbocycles. The highest BCUT2D eigenvalue weighted by atomic mass is 79.9. The molecule has 0 amide bonds. The van der Waals surface area contributed by atoms with Crippen LogP contribution >= 0.6 is 31.9 Å². The third-order valence-electron chi connectivity index (χ3n) is 2.28. The second kappa shape index (κ2) is 3.81. The number of alkyl halides is 1. The van der Waals surface area contributed by atoms with Crippen LogP contribution in [0.15, 0.2) is 22.7 Å². The lowest BCUT2D eigenvalue weighted by molar-refractivity contribution is 0.205. The van der Waals surface area contributed by atoms with E-state index in [1.54, 1.807) is 12.1 Å². The lowest BCUT2D eigenvalue weighted by atomic mass is 10.3. The first kappa shape index (κ1) is 10.4. The first-order valence-electron chi connectivity index (χ1n) is 4.35. The fourth-order valence-electron chi connectivity index (χ4n) is 1.19. The van der Waals surface area contributed by atoms with Crippen molar-refractivity contribution in [3.05, 3.63) is 28.5 Å². The predicted octanol–water partition coefficient (Wildman–Crippen LogP) is 3.89. The summed E-state index contributed by atoms with van der Waals surface area (Å²) in [5, 5.41) is 0.803. The highest BCUT2D eigenvalue weighted by Gasteiger charge is 2.44. The Kier molecular flexibility index (Phi) is 2.84. The Morgan fingerprint density at radius 1 is 1.43 bits per heavy atom. The fraction of sp³-hybridized carbons (Fsp3) is 0.400. The van der Waals surface area contributed by atoms with Crippen molar-refractivity contribution >= 4 is 31.9 Å². The summed E-state index contributed by atoms with van der Waals surface area (Å²) in [5.74, 6) is 0.315. The van der Waals surface area contributed by atoms with Gasteiger partial charge in [-0.05, 0) is 40.9 Å². The minimum absolute atomic E-state index is 0.0831. The van der Waals surface area contributed by atoms with Gasteiger partial charge in [0.1, 0.15) is 17.2 Å². The molecule has 1 aromatic carbocycles. The minimum atomic E-state index is -0.284. The summed E-state index contributed by atoms with van der Waals surface area (Å²) in [7, 11) is 0. The van der Waals surface area contributed by atoms with Crippen LogP contribution in [0.5, 0.6) is 5.75 Å². The molecule has 2 rings (SSSR count). The van der Waals surface area contributed by atoms with Crippen molar-refractivity contribution in [2.75, 3.05) is 5.33 Å². The molecule has 76 valence electrons. The van der Waals surface area contributed by atoms with Crippen molar-refractivity contribution in [1.82, 2.24) is 0 Å². The number of rotatable bonds is 3. The molecule has 0 heterocycles. The zero-order valence-corrected chi connectivity index (χ0v) is 10.6. The molecule has 0 saturated heterocycles. The van der Waals surface area contributed by atoms with E-state index in [1.165, 1.54) is 6.07 Å². The zero-order valence-electron chi connectivity index (χ0n) is 7.40. The van der Waals surface area contributed by atoms with Crippen molar-refractivity contribution in [3.63, 3.8) is 0 Å². The molecule has 1 aliphatic rings. The molecule has 0 aromatic heterocycles. The Hall–Kier alpha value is -0.0900. The van der Waals surface area contributed by atoms with E-state index in [1.807, 2.05) is 0 Å². The van der Waals surface area contributed by atoms with Gasteiger partial charge in [-0.15, -0.1) is 0 Å². The molecule has 0 bridgehead atoms. The van der Waals surface area contributed by atoms with E-state index < -0.39 is 0 Å². The van der Waals surface area contributed by atoms with Crippen molar-refractivity contribution in [2.24, 2.45) is 0 Å². The largest absolute Gasteiger partial charge is 0.486 e. The molecule has 0 atom stereocenters. The van der Waals surface area contributed by atoms with E-state index in [2.05, 4.69) is 31.9 Å². The maximum absolute atomic E-state index is 13.1. The van der Waals surface area contributed by atoms with Gasteiger partial charge in [0.05, 0.1) is 4.47 Å². The molecule has 1 nitrogen and oxygen atoms in total. The molecule has 0 unspecified atom stereocenters. The van der Waals surface area contributed by atoms with Gasteiger partial charge in [-0.25, -0.2) is 4.39 Å². The standard InChI is InChI=1S/C10H9Br2FO/c11-6-10(3-4-10)14-7-1-2-8(12)9(13)5-7/h1-2,5H,3-4,6H2. The molecular weight excluding hydrogens is 315 g/mol. The van der Waals surface area contributed by atoms with Crippen LogP contribution in [0.3, 0.4) is 0 Å². The molecule has 14 heavy (non-hydrogen) atoms. The fourth-order valence-corrected chi connectivity index (χ4v) is 2.11. The van der Waals surface area contributed by atoms with Gasteiger partial charge in [0.25, 0.3) is 0 Å². The van der Waals surface area contributed by atoms with E-state index in [9.17, 15) is 4.39 Å². The molecule has 0 aliphatic heterocycles. The van der Waals surface area contributed by atoms with Gasteiger partial charge in [-0.1, -0.05) is 15.9 Å². The van der Waals surface area contributed by atoms with Crippen LogP contribution in [-0.4, -0.2) is 10.9 Å². The Morgan fingerprint density at radius 3 is 2.64 bits per heavy atom. The van der Waals surface area contributed by atoms with Crippen LogP contribution in [0.4, 0.5) is 4.39 Å². The molecule has 0 radical (unpaired) electrons. The molecule has 1 fully saturated rings. The van der Waals surface area contributed by atoms with E-state index in [4.69, 9.17) is 4.74 Å². The minimum Gasteiger partial charge on any atom is -0.486 e. The van der Waals surface area contributed by atoms with Crippen molar-refractivity contribution < 1.29 is 9.13 Å². The zero-order chi connectivity index (χ0) is 10.2. The van der Waals surface area contributed by atoms with Gasteiger partial charge < -0.3 is 4.74 Å². The van der Waals surface area contributed by atoms with Gasteiger partial charge in [0, 0.05) is 11.4 Å². The van der Waals surface area contributed by atoms with Gasteiger partial charge >= 0.3 is 0 Å². The lowest BCUT2D eigenvalue weighted by Gasteiger charge is -2.15.